The number of thiazole rings is 1. The van der Waals surface area contributed by atoms with Crippen LogP contribution in [0.4, 0.5) is 4.39 Å². The number of hydrogen-bond donors (Lipinski definition) is 0. The molecule has 0 bridgehead atoms. The van der Waals surface area contributed by atoms with Crippen LogP contribution in [0.15, 0.2) is 66.1 Å². The van der Waals surface area contributed by atoms with E-state index in [0.29, 0.717) is 13.0 Å². The Labute approximate surface area is 196 Å². The number of pyridine rings is 2. The van der Waals surface area contributed by atoms with Crippen molar-refractivity contribution in [1.82, 2.24) is 9.97 Å². The van der Waals surface area contributed by atoms with Crippen molar-refractivity contribution in [2.75, 3.05) is 6.61 Å². The third kappa shape index (κ3) is 4.83. The van der Waals surface area contributed by atoms with E-state index in [-0.39, 0.29) is 5.82 Å². The van der Waals surface area contributed by atoms with Gasteiger partial charge in [-0.25, -0.2) is 19.3 Å². The lowest BCUT2D eigenvalue weighted by Crippen LogP contribution is -2.15. The second-order valence-electron chi connectivity index (χ2n) is 8.03. The Morgan fingerprint density at radius 3 is 2.79 bits per heavy atom. The van der Waals surface area contributed by atoms with Crippen LogP contribution in [0.3, 0.4) is 0 Å². The van der Waals surface area contributed by atoms with Gasteiger partial charge in [0.25, 0.3) is 0 Å². The third-order valence-electron chi connectivity index (χ3n) is 5.67. The van der Waals surface area contributed by atoms with Gasteiger partial charge in [0.1, 0.15) is 23.1 Å². The predicted molar refractivity (Wildman–Crippen MR) is 128 cm³/mol. The van der Waals surface area contributed by atoms with Crippen molar-refractivity contribution in [2.45, 2.75) is 32.6 Å². The van der Waals surface area contributed by atoms with Crippen molar-refractivity contribution in [3.05, 3.63) is 89.3 Å². The van der Waals surface area contributed by atoms with Gasteiger partial charge in [0.2, 0.25) is 0 Å². The minimum Gasteiger partial charge on any atom is -0.395 e. The van der Waals surface area contributed by atoms with Gasteiger partial charge in [-0.3, -0.25) is 0 Å². The fourth-order valence-corrected chi connectivity index (χ4v) is 4.97. The Kier molecular flexibility index (Phi) is 6.21. The monoisotopic (exact) mass is 459 g/mol. The zero-order valence-corrected chi connectivity index (χ0v) is 19.2. The molecule has 1 aliphatic carbocycles. The molecular formula is C26H24FN4OS+. The largest absolute Gasteiger partial charge is 0.395 e. The highest BCUT2D eigenvalue weighted by Crippen LogP contribution is 2.35. The van der Waals surface area contributed by atoms with E-state index >= 15 is 0 Å². The first-order chi connectivity index (χ1) is 16.2. The molecule has 0 saturated carbocycles. The van der Waals surface area contributed by atoms with Gasteiger partial charge in [0.05, 0.1) is 27.5 Å². The van der Waals surface area contributed by atoms with Crippen LogP contribution in [0, 0.1) is 12.7 Å². The highest BCUT2D eigenvalue weighted by Gasteiger charge is 2.21. The third-order valence-corrected chi connectivity index (χ3v) is 6.89. The molecule has 0 saturated heterocycles. The Morgan fingerprint density at radius 1 is 1.09 bits per heavy atom. The maximum Gasteiger partial charge on any atom is 0.177 e. The number of benzene rings is 1. The van der Waals surface area contributed by atoms with Gasteiger partial charge >= 0.3 is 0 Å². The average molecular weight is 460 g/mol. The molecule has 0 fully saturated rings. The summed E-state index contributed by atoms with van der Waals surface area (Å²) in [6.07, 6.45) is 7.38. The summed E-state index contributed by atoms with van der Waals surface area (Å²) in [5, 5.41) is 5.40. The molecule has 0 atom stereocenters. The van der Waals surface area contributed by atoms with E-state index in [0.717, 1.165) is 63.1 Å². The number of hydrogen-bond acceptors (Lipinski definition) is 5. The fraction of sp³-hybridized carbons (Fsp3) is 0.231. The van der Waals surface area contributed by atoms with Gasteiger partial charge in [-0.15, -0.1) is 11.3 Å². The summed E-state index contributed by atoms with van der Waals surface area (Å²) in [6, 6.07) is 14.7. The lowest BCUT2D eigenvalue weighted by Gasteiger charge is -2.17. The molecule has 0 aliphatic heterocycles. The van der Waals surface area contributed by atoms with Gasteiger partial charge in [-0.05, 0) is 61.6 Å². The van der Waals surface area contributed by atoms with Crippen molar-refractivity contribution in [3.8, 4) is 21.1 Å². The zero-order chi connectivity index (χ0) is 22.6. The number of aromatic amines is 1. The quantitative estimate of drug-likeness (QED) is 0.285. The average Bonchev–Trinajstić information content (AvgIpc) is 3.25. The lowest BCUT2D eigenvalue weighted by molar-refractivity contribution is -0.377. The van der Waals surface area contributed by atoms with Crippen molar-refractivity contribution in [3.63, 3.8) is 0 Å². The highest BCUT2D eigenvalue weighted by molar-refractivity contribution is 7.18. The molecule has 7 heteroatoms. The molecule has 1 N–H and O–H groups in total. The van der Waals surface area contributed by atoms with Crippen LogP contribution < -0.4 is 4.98 Å². The fourth-order valence-electron chi connectivity index (χ4n) is 3.94. The molecule has 5 rings (SSSR count). The van der Waals surface area contributed by atoms with Crippen LogP contribution >= 0.6 is 11.3 Å². The van der Waals surface area contributed by atoms with Gasteiger partial charge in [0.15, 0.2) is 12.4 Å². The maximum absolute atomic E-state index is 13.1. The van der Waals surface area contributed by atoms with Crippen molar-refractivity contribution in [1.29, 1.82) is 0 Å². The summed E-state index contributed by atoms with van der Waals surface area (Å²) in [5.41, 5.74) is 6.97. The van der Waals surface area contributed by atoms with E-state index in [2.05, 4.69) is 22.3 Å². The van der Waals surface area contributed by atoms with Crippen LogP contribution in [0.1, 0.15) is 35.4 Å². The number of nitrogens with one attached hydrogen (secondary N) is 1. The first-order valence-electron chi connectivity index (χ1n) is 11.1. The normalized spacial score (nSPS) is 14.3. The van der Waals surface area contributed by atoms with Crippen LogP contribution in [0.2, 0.25) is 0 Å². The van der Waals surface area contributed by atoms with E-state index in [1.54, 1.807) is 23.5 Å². The predicted octanol–water partition coefficient (Wildman–Crippen LogP) is 5.43. The number of oxime groups is 1. The molecule has 166 valence electrons. The molecule has 1 aromatic carbocycles. The number of aryl methyl sites for hydroxylation is 2. The van der Waals surface area contributed by atoms with Crippen LogP contribution in [0.25, 0.3) is 21.1 Å². The Morgan fingerprint density at radius 2 is 1.97 bits per heavy atom. The number of aromatic nitrogens is 3. The van der Waals surface area contributed by atoms with Crippen LogP contribution in [-0.4, -0.2) is 22.3 Å². The zero-order valence-electron chi connectivity index (χ0n) is 18.3. The van der Waals surface area contributed by atoms with E-state index in [1.807, 2.05) is 31.5 Å². The van der Waals surface area contributed by atoms with Gasteiger partial charge in [-0.1, -0.05) is 23.4 Å². The number of halogens is 1. The Bertz CT molecular complexity index is 1290. The highest BCUT2D eigenvalue weighted by atomic mass is 32.1. The SMILES string of the molecule is Cc1nc(-c2ccc[nH+]c2)sc1-c1ccc2c(n1)/C(=N/OCCc1ccc(F)cc1)CCC2. The minimum atomic E-state index is -0.231. The summed E-state index contributed by atoms with van der Waals surface area (Å²) in [5.74, 6) is -0.231. The number of fused-ring (bicyclic) bond motifs is 1. The van der Waals surface area contributed by atoms with Gasteiger partial charge in [0, 0.05) is 12.5 Å². The summed E-state index contributed by atoms with van der Waals surface area (Å²) >= 11 is 1.65. The summed E-state index contributed by atoms with van der Waals surface area (Å²) in [7, 11) is 0. The maximum atomic E-state index is 13.1. The number of rotatable bonds is 6. The molecule has 5 nitrogen and oxygen atoms in total. The van der Waals surface area contributed by atoms with E-state index < -0.39 is 0 Å². The van der Waals surface area contributed by atoms with E-state index in [4.69, 9.17) is 14.8 Å². The molecule has 3 aromatic heterocycles. The minimum absolute atomic E-state index is 0.231. The summed E-state index contributed by atoms with van der Waals surface area (Å²) in [4.78, 5) is 19.6. The number of nitrogens with zero attached hydrogens (tertiary/aromatic N) is 3. The van der Waals surface area contributed by atoms with Crippen molar-refractivity contribution >= 4 is 17.0 Å². The van der Waals surface area contributed by atoms with Gasteiger partial charge in [-0.2, -0.15) is 0 Å². The number of H-pyrrole nitrogens is 1. The van der Waals surface area contributed by atoms with E-state index in [1.165, 1.54) is 17.7 Å². The molecule has 3 heterocycles. The molecule has 0 amide bonds. The molecule has 0 radical (unpaired) electrons. The Hall–Kier alpha value is -3.45. The second-order valence-corrected chi connectivity index (χ2v) is 9.03. The first-order valence-corrected chi connectivity index (χ1v) is 11.9. The van der Waals surface area contributed by atoms with Crippen LogP contribution in [-0.2, 0) is 17.7 Å². The van der Waals surface area contributed by atoms with E-state index in [9.17, 15) is 4.39 Å². The smallest absolute Gasteiger partial charge is 0.177 e. The molecular weight excluding hydrogens is 435 g/mol. The van der Waals surface area contributed by atoms with Crippen LogP contribution in [0.5, 0.6) is 0 Å². The van der Waals surface area contributed by atoms with Crippen molar-refractivity contribution in [2.24, 2.45) is 5.16 Å². The molecule has 0 spiro atoms. The molecule has 4 aromatic rings. The lowest BCUT2D eigenvalue weighted by atomic mass is 9.94. The standard InChI is InChI=1S/C26H23FN4OS/c1-17-25(33-26(29-17)20-5-3-14-28-16-20)23-12-9-19-4-2-6-22(24(19)30-23)31-32-15-13-18-7-10-21(27)11-8-18/h3,5,7-12,14,16H,2,4,6,13,15H2,1H3/p+1/b31-22+. The van der Waals surface area contributed by atoms with Gasteiger partial charge < -0.3 is 4.84 Å². The molecule has 0 unspecified atom stereocenters. The Balaban J connectivity index is 1.36. The topological polar surface area (TPSA) is 61.5 Å². The first kappa shape index (κ1) is 21.4. The van der Waals surface area contributed by atoms with Crippen molar-refractivity contribution < 1.29 is 14.2 Å². The molecule has 33 heavy (non-hydrogen) atoms. The second kappa shape index (κ2) is 9.58. The summed E-state index contributed by atoms with van der Waals surface area (Å²) < 4.78 is 13.1. The summed E-state index contributed by atoms with van der Waals surface area (Å²) in [6.45, 7) is 2.46. The molecule has 1 aliphatic rings.